The summed E-state index contributed by atoms with van der Waals surface area (Å²) in [7, 11) is 1.19. The molecular formula is C12H21NO9. The molecule has 10 nitrogen and oxygen atoms in total. The molecule has 0 aromatic rings. The van der Waals surface area contributed by atoms with Gasteiger partial charge in [-0.15, -0.1) is 0 Å². The second-order valence-corrected chi connectivity index (χ2v) is 5.12. The van der Waals surface area contributed by atoms with E-state index in [2.05, 4.69) is 5.32 Å². The van der Waals surface area contributed by atoms with Crippen LogP contribution < -0.4 is 5.32 Å². The molecule has 1 aliphatic rings. The predicted octanol–water partition coefficient (Wildman–Crippen LogP) is -3.22. The number of amides is 1. The van der Waals surface area contributed by atoms with Crippen LogP contribution in [0.1, 0.15) is 13.3 Å². The number of aliphatic hydroxyl groups excluding tert-OH is 3. The standard InChI is InChI=1S/C12H21NO9/c1-5(15)13-8-6(16)3-12(20,11(18)19)22-10(8)9(17)7(4-14)21-2/h6-10,14,16-17,20H,3-4H2,1-2H3,(H,13,15)(H,18,19)/t6-,7+,8+,9+,10+,12+/m0/s1. The number of methoxy groups -OCH3 is 1. The van der Waals surface area contributed by atoms with Crippen molar-refractivity contribution in [1.82, 2.24) is 5.32 Å². The van der Waals surface area contributed by atoms with E-state index in [9.17, 15) is 24.9 Å². The molecule has 1 amide bonds. The van der Waals surface area contributed by atoms with Gasteiger partial charge in [0, 0.05) is 20.5 Å². The first-order valence-corrected chi connectivity index (χ1v) is 6.56. The van der Waals surface area contributed by atoms with E-state index in [1.807, 2.05) is 0 Å². The van der Waals surface area contributed by atoms with Crippen LogP contribution in [0.2, 0.25) is 0 Å². The predicted molar refractivity (Wildman–Crippen MR) is 69.6 cm³/mol. The molecule has 0 saturated carbocycles. The van der Waals surface area contributed by atoms with E-state index < -0.39 is 61.1 Å². The van der Waals surface area contributed by atoms with Gasteiger partial charge in [-0.2, -0.15) is 0 Å². The third-order valence-corrected chi connectivity index (χ3v) is 3.49. The number of hydrogen-bond donors (Lipinski definition) is 6. The summed E-state index contributed by atoms with van der Waals surface area (Å²) in [4.78, 5) is 22.3. The van der Waals surface area contributed by atoms with Crippen molar-refractivity contribution >= 4 is 11.9 Å². The average molecular weight is 323 g/mol. The Kier molecular flexibility index (Phi) is 6.23. The third-order valence-electron chi connectivity index (χ3n) is 3.49. The topological polar surface area (TPSA) is 166 Å². The van der Waals surface area contributed by atoms with Crippen molar-refractivity contribution in [3.05, 3.63) is 0 Å². The maximum absolute atomic E-state index is 11.2. The summed E-state index contributed by atoms with van der Waals surface area (Å²) in [6.07, 6.45) is -6.47. The molecule has 1 fully saturated rings. The van der Waals surface area contributed by atoms with Gasteiger partial charge < -0.3 is 40.3 Å². The fourth-order valence-electron chi connectivity index (χ4n) is 2.34. The lowest BCUT2D eigenvalue weighted by molar-refractivity contribution is -0.295. The molecule has 0 spiro atoms. The fourth-order valence-corrected chi connectivity index (χ4v) is 2.34. The Morgan fingerprint density at radius 3 is 2.50 bits per heavy atom. The molecular weight excluding hydrogens is 302 g/mol. The Balaban J connectivity index is 3.10. The molecule has 0 bridgehead atoms. The van der Waals surface area contributed by atoms with Gasteiger partial charge in [-0.05, 0) is 0 Å². The quantitative estimate of drug-likeness (QED) is 0.295. The third kappa shape index (κ3) is 3.91. The van der Waals surface area contributed by atoms with Gasteiger partial charge >= 0.3 is 5.97 Å². The number of hydrogen-bond acceptors (Lipinski definition) is 8. The Hall–Kier alpha value is -1.30. The normalized spacial score (nSPS) is 34.7. The molecule has 1 rings (SSSR count). The van der Waals surface area contributed by atoms with Crippen molar-refractivity contribution in [1.29, 1.82) is 0 Å². The van der Waals surface area contributed by atoms with Gasteiger partial charge in [-0.25, -0.2) is 4.79 Å². The highest BCUT2D eigenvalue weighted by atomic mass is 16.7. The van der Waals surface area contributed by atoms with Gasteiger partial charge in [-0.3, -0.25) is 4.79 Å². The lowest BCUT2D eigenvalue weighted by Gasteiger charge is -2.45. The first kappa shape index (κ1) is 18.7. The van der Waals surface area contributed by atoms with E-state index in [1.165, 1.54) is 7.11 Å². The van der Waals surface area contributed by atoms with Crippen LogP contribution in [0.25, 0.3) is 0 Å². The maximum Gasteiger partial charge on any atom is 0.364 e. The van der Waals surface area contributed by atoms with Crippen LogP contribution in [0, 0.1) is 0 Å². The van der Waals surface area contributed by atoms with E-state index in [4.69, 9.17) is 19.7 Å². The lowest BCUT2D eigenvalue weighted by atomic mass is 9.88. The zero-order valence-corrected chi connectivity index (χ0v) is 12.2. The molecule has 1 heterocycles. The molecule has 6 atom stereocenters. The largest absolute Gasteiger partial charge is 0.477 e. The number of carbonyl (C=O) groups is 2. The summed E-state index contributed by atoms with van der Waals surface area (Å²) >= 11 is 0. The number of carboxylic acids is 1. The van der Waals surface area contributed by atoms with E-state index in [0.717, 1.165) is 6.92 Å². The summed E-state index contributed by atoms with van der Waals surface area (Å²) in [6, 6.07) is -1.18. The molecule has 6 N–H and O–H groups in total. The van der Waals surface area contributed by atoms with Gasteiger partial charge in [0.1, 0.15) is 18.3 Å². The van der Waals surface area contributed by atoms with Crippen LogP contribution in [0.15, 0.2) is 0 Å². The Labute approximate surface area is 126 Å². The molecule has 0 aromatic carbocycles. The molecule has 128 valence electrons. The molecule has 0 unspecified atom stereocenters. The monoisotopic (exact) mass is 323 g/mol. The molecule has 22 heavy (non-hydrogen) atoms. The molecule has 0 aliphatic carbocycles. The SMILES string of the molecule is CO[C@H](CO)[C@@H](O)[C@@H]1O[C@@](O)(C(=O)O)C[C@H](O)[C@H]1NC(C)=O. The summed E-state index contributed by atoms with van der Waals surface area (Å²) in [5, 5.41) is 50.6. The molecule has 10 heteroatoms. The highest BCUT2D eigenvalue weighted by Crippen LogP contribution is 2.30. The van der Waals surface area contributed by atoms with Crippen molar-refractivity contribution in [3.8, 4) is 0 Å². The van der Waals surface area contributed by atoms with Crippen LogP contribution in [-0.4, -0.2) is 87.4 Å². The number of rotatable bonds is 6. The smallest absolute Gasteiger partial charge is 0.364 e. The Bertz CT molecular complexity index is 413. The van der Waals surface area contributed by atoms with E-state index in [-0.39, 0.29) is 0 Å². The summed E-state index contributed by atoms with van der Waals surface area (Å²) in [5.74, 6) is -5.03. The maximum atomic E-state index is 11.2. The van der Waals surface area contributed by atoms with Crippen molar-refractivity contribution in [3.63, 3.8) is 0 Å². The molecule has 0 radical (unpaired) electrons. The summed E-state index contributed by atoms with van der Waals surface area (Å²) in [6.45, 7) is 0.542. The van der Waals surface area contributed by atoms with E-state index in [0.29, 0.717) is 0 Å². The first-order valence-electron chi connectivity index (χ1n) is 6.56. The lowest BCUT2D eigenvalue weighted by Crippen LogP contribution is -2.67. The number of aliphatic carboxylic acids is 1. The molecule has 1 aliphatic heterocycles. The molecule has 1 saturated heterocycles. The Morgan fingerprint density at radius 1 is 1.50 bits per heavy atom. The van der Waals surface area contributed by atoms with Crippen LogP contribution in [-0.2, 0) is 19.1 Å². The van der Waals surface area contributed by atoms with Gasteiger partial charge in [0.25, 0.3) is 5.79 Å². The number of carbonyl (C=O) groups excluding carboxylic acids is 1. The van der Waals surface area contributed by atoms with Crippen LogP contribution in [0.3, 0.4) is 0 Å². The molecule has 0 aromatic heterocycles. The van der Waals surface area contributed by atoms with E-state index >= 15 is 0 Å². The van der Waals surface area contributed by atoms with E-state index in [1.54, 1.807) is 0 Å². The van der Waals surface area contributed by atoms with Gasteiger partial charge in [0.2, 0.25) is 5.91 Å². The minimum atomic E-state index is -2.73. The number of nitrogens with one attached hydrogen (secondary N) is 1. The van der Waals surface area contributed by atoms with Crippen molar-refractivity contribution < 1.29 is 44.6 Å². The minimum Gasteiger partial charge on any atom is -0.477 e. The average Bonchev–Trinajstić information content (AvgIpc) is 2.42. The van der Waals surface area contributed by atoms with Gasteiger partial charge in [0.15, 0.2) is 0 Å². The zero-order chi connectivity index (χ0) is 17.1. The highest BCUT2D eigenvalue weighted by molar-refractivity contribution is 5.76. The second-order valence-electron chi connectivity index (χ2n) is 5.12. The highest BCUT2D eigenvalue weighted by Gasteiger charge is 2.53. The number of aliphatic hydroxyl groups is 4. The first-order chi connectivity index (χ1) is 10.2. The van der Waals surface area contributed by atoms with Gasteiger partial charge in [0.05, 0.1) is 18.8 Å². The minimum absolute atomic E-state index is 0.552. The Morgan fingerprint density at radius 2 is 2.09 bits per heavy atom. The number of carboxylic acid groups (broad SMARTS) is 1. The number of ether oxygens (including phenoxy) is 2. The fraction of sp³-hybridized carbons (Fsp3) is 0.833. The van der Waals surface area contributed by atoms with Crippen LogP contribution >= 0.6 is 0 Å². The van der Waals surface area contributed by atoms with Crippen molar-refractivity contribution in [2.75, 3.05) is 13.7 Å². The summed E-state index contributed by atoms with van der Waals surface area (Å²) < 4.78 is 9.83. The van der Waals surface area contributed by atoms with Crippen LogP contribution in [0.5, 0.6) is 0 Å². The van der Waals surface area contributed by atoms with Crippen molar-refractivity contribution in [2.24, 2.45) is 0 Å². The zero-order valence-electron chi connectivity index (χ0n) is 12.2. The summed E-state index contributed by atoms with van der Waals surface area (Å²) in [5.41, 5.74) is 0. The van der Waals surface area contributed by atoms with Crippen molar-refractivity contribution in [2.45, 2.75) is 49.6 Å². The van der Waals surface area contributed by atoms with Gasteiger partial charge in [-0.1, -0.05) is 0 Å². The second kappa shape index (κ2) is 7.31. The van der Waals surface area contributed by atoms with Crippen LogP contribution in [0.4, 0.5) is 0 Å².